The molecule has 318 valence electrons. The molecule has 3 saturated heterocycles. The number of esters is 4. The summed E-state index contributed by atoms with van der Waals surface area (Å²) in [7, 11) is -4.39. The molecule has 0 amide bonds. The van der Waals surface area contributed by atoms with E-state index >= 15 is 0 Å². The minimum absolute atomic E-state index is 0.0913. The maximum absolute atomic E-state index is 14.4. The van der Waals surface area contributed by atoms with E-state index < -0.39 is 158 Å². The summed E-state index contributed by atoms with van der Waals surface area (Å²) in [6.07, 6.45) is -8.41. The molecular formula is C40H50BrNO15S. The number of ether oxygens (including phenoxy) is 6. The summed E-state index contributed by atoms with van der Waals surface area (Å²) >= 11 is 3.35. The van der Waals surface area contributed by atoms with E-state index in [2.05, 4.69) is 20.7 Å². The number of aliphatic hydroxyl groups excluding tert-OH is 2. The van der Waals surface area contributed by atoms with E-state index in [0.29, 0.717) is 0 Å². The smallest absolute Gasteiger partial charge is 0.341 e. The average molecular weight is 897 g/mol. The Hall–Kier alpha value is -2.71. The van der Waals surface area contributed by atoms with Gasteiger partial charge in [0.05, 0.1) is 34.7 Å². The van der Waals surface area contributed by atoms with E-state index in [9.17, 15) is 42.9 Å². The van der Waals surface area contributed by atoms with Gasteiger partial charge in [0.2, 0.25) is 15.8 Å². The van der Waals surface area contributed by atoms with Crippen LogP contribution in [0.3, 0.4) is 0 Å². The first-order valence-corrected chi connectivity index (χ1v) is 22.1. The van der Waals surface area contributed by atoms with Gasteiger partial charge in [-0.25, -0.2) is 17.9 Å². The van der Waals surface area contributed by atoms with Gasteiger partial charge in [-0.05, 0) is 72.0 Å². The van der Waals surface area contributed by atoms with E-state index in [1.54, 1.807) is 39.0 Å². The van der Waals surface area contributed by atoms with Crippen LogP contribution in [0.2, 0.25) is 0 Å². The second kappa shape index (κ2) is 12.4. The standard InChI is InChI=1S/C40H50BrNO15S/c1-14-23-26(38(7)39(8,49)35(48)57-40(38)32(14)56-40)29(47)24-22-25(31(52-15(2)43)34(37(23,24)6)54-17(4)45)36(5)18(13-20-30(55-20)33(36)53-16(3)44)27(28(22)46)42-58(50,51)21-12-10-9-11-19(21)41/h9-12,14,18,20,22-34,42,46-47,49H,13H2,1-8H3/t14-,18+,20-,22-,23-,24+,25+,26-,27-,28+,29+,30-,31-,32+,33-,34-,36-,37+,38-,39+,40-/m0/s1. The van der Waals surface area contributed by atoms with Crippen LogP contribution in [0.5, 0.6) is 0 Å². The molecule has 8 aliphatic rings. The first-order chi connectivity index (χ1) is 26.9. The van der Waals surface area contributed by atoms with Crippen LogP contribution in [-0.4, -0.2) is 114 Å². The van der Waals surface area contributed by atoms with Gasteiger partial charge in [0.25, 0.3) is 0 Å². The van der Waals surface area contributed by atoms with E-state index in [0.717, 1.165) is 0 Å². The van der Waals surface area contributed by atoms with Crippen molar-refractivity contribution in [3.05, 3.63) is 28.7 Å². The van der Waals surface area contributed by atoms with Crippen LogP contribution in [0, 0.1) is 57.7 Å². The fourth-order valence-corrected chi connectivity index (χ4v) is 16.5. The molecule has 1 spiro atoms. The zero-order chi connectivity index (χ0) is 42.2. The third-order valence-corrected chi connectivity index (χ3v) is 18.9. The average Bonchev–Trinajstić information content (AvgIpc) is 4.03. The first kappa shape index (κ1) is 40.7. The molecule has 8 fully saturated rings. The van der Waals surface area contributed by atoms with Crippen molar-refractivity contribution in [2.75, 3.05) is 0 Å². The summed E-state index contributed by atoms with van der Waals surface area (Å²) in [6.45, 7) is 12.1. The molecule has 3 aliphatic heterocycles. The molecule has 5 saturated carbocycles. The molecule has 18 heteroatoms. The Morgan fingerprint density at radius 3 is 2.12 bits per heavy atom. The number of epoxide rings is 2. The summed E-state index contributed by atoms with van der Waals surface area (Å²) in [6, 6.07) is 4.92. The highest BCUT2D eigenvalue weighted by atomic mass is 79.9. The van der Waals surface area contributed by atoms with Gasteiger partial charge in [0, 0.05) is 53.8 Å². The predicted molar refractivity (Wildman–Crippen MR) is 199 cm³/mol. The Bertz CT molecular complexity index is 2120. The van der Waals surface area contributed by atoms with Gasteiger partial charge in [-0.2, -0.15) is 0 Å². The summed E-state index contributed by atoms with van der Waals surface area (Å²) in [5.74, 6) is -11.0. The molecule has 1 aromatic carbocycles. The van der Waals surface area contributed by atoms with Crippen molar-refractivity contribution in [2.24, 2.45) is 57.7 Å². The lowest BCUT2D eigenvalue weighted by Gasteiger charge is -2.67. The van der Waals surface area contributed by atoms with Gasteiger partial charge in [-0.15, -0.1) is 0 Å². The first-order valence-electron chi connectivity index (χ1n) is 19.9. The fraction of sp³-hybridized carbons (Fsp3) is 0.750. The number of hydrogen-bond acceptors (Lipinski definition) is 15. The molecule has 16 nitrogen and oxygen atoms in total. The molecule has 0 radical (unpaired) electrons. The van der Waals surface area contributed by atoms with Crippen molar-refractivity contribution in [1.82, 2.24) is 4.72 Å². The number of carbonyl (C=O) groups excluding carboxylic acids is 4. The number of fused-ring (bicyclic) bond motifs is 9. The summed E-state index contributed by atoms with van der Waals surface area (Å²) in [5, 5.41) is 38.4. The highest BCUT2D eigenvalue weighted by molar-refractivity contribution is 9.10. The van der Waals surface area contributed by atoms with Crippen LogP contribution < -0.4 is 4.72 Å². The predicted octanol–water partition coefficient (Wildman–Crippen LogP) is 1.59. The van der Waals surface area contributed by atoms with Gasteiger partial charge in [0.1, 0.15) is 30.5 Å². The lowest BCUT2D eigenvalue weighted by atomic mass is 9.40. The van der Waals surface area contributed by atoms with Crippen LogP contribution in [0.15, 0.2) is 33.6 Å². The number of hydrogen-bond donors (Lipinski definition) is 4. The highest BCUT2D eigenvalue weighted by Gasteiger charge is 2.93. The van der Waals surface area contributed by atoms with Crippen LogP contribution in [0.25, 0.3) is 0 Å². The number of halogens is 1. The van der Waals surface area contributed by atoms with E-state index in [1.807, 2.05) is 6.92 Å². The Kier molecular flexibility index (Phi) is 8.73. The molecule has 21 atom stereocenters. The molecular weight excluding hydrogens is 846 g/mol. The monoisotopic (exact) mass is 895 g/mol. The van der Waals surface area contributed by atoms with Crippen LogP contribution in [-0.2, 0) is 57.6 Å². The van der Waals surface area contributed by atoms with Crippen LogP contribution in [0.4, 0.5) is 0 Å². The van der Waals surface area contributed by atoms with Crippen molar-refractivity contribution < 1.29 is 71.3 Å². The summed E-state index contributed by atoms with van der Waals surface area (Å²) in [4.78, 5) is 53.0. The number of rotatable bonds is 6. The molecule has 3 heterocycles. The second-order valence-corrected chi connectivity index (χ2v) is 21.4. The molecule has 9 rings (SSSR count). The lowest BCUT2D eigenvalue weighted by Crippen LogP contribution is -2.77. The van der Waals surface area contributed by atoms with E-state index in [1.165, 1.54) is 33.8 Å². The normalized spacial score (nSPS) is 52.9. The Morgan fingerprint density at radius 2 is 1.50 bits per heavy atom. The van der Waals surface area contributed by atoms with Crippen LogP contribution >= 0.6 is 15.9 Å². The van der Waals surface area contributed by atoms with Crippen molar-refractivity contribution in [2.45, 2.75) is 133 Å². The molecule has 1 aromatic rings. The highest BCUT2D eigenvalue weighted by Crippen LogP contribution is 2.81. The largest absolute Gasteiger partial charge is 0.459 e. The lowest BCUT2D eigenvalue weighted by molar-refractivity contribution is -0.285. The van der Waals surface area contributed by atoms with E-state index in [4.69, 9.17) is 28.4 Å². The number of nitrogens with one attached hydrogen (secondary N) is 1. The third-order valence-electron chi connectivity index (χ3n) is 16.4. The topological polar surface area (TPSA) is 237 Å². The Morgan fingerprint density at radius 1 is 0.879 bits per heavy atom. The molecule has 5 aliphatic carbocycles. The molecule has 58 heavy (non-hydrogen) atoms. The zero-order valence-electron chi connectivity index (χ0n) is 33.3. The summed E-state index contributed by atoms with van der Waals surface area (Å²) in [5.41, 5.74) is -6.53. The van der Waals surface area contributed by atoms with Gasteiger partial charge >= 0.3 is 23.9 Å². The van der Waals surface area contributed by atoms with E-state index in [-0.39, 0.29) is 15.8 Å². The van der Waals surface area contributed by atoms with Gasteiger partial charge in [0.15, 0.2) is 5.60 Å². The number of carbonyl (C=O) groups is 4. The fourth-order valence-electron chi connectivity index (χ4n) is 14.2. The van der Waals surface area contributed by atoms with Gasteiger partial charge in [-0.1, -0.05) is 32.9 Å². The van der Waals surface area contributed by atoms with Crippen molar-refractivity contribution in [3.63, 3.8) is 0 Å². The number of aliphatic hydroxyl groups is 3. The maximum Gasteiger partial charge on any atom is 0.341 e. The molecule has 0 bridgehead atoms. The number of sulfonamides is 1. The molecule has 4 N–H and O–H groups in total. The SMILES string of the molecule is CC(=O)O[C@H]1[C@H]2[C@@H]([C@@H](O)[C@@H](NS(=O)(=O)c3ccccc3Br)[C@H]3C[C@@H]4O[C@@H]4[C@H](OC(C)=O)[C@]23C)[C@@H]2[C@@H](O)[C@@H]3[C@H]([C@H](C)[C@H]4O[C@]45OC(=O)[C@@](C)(O)[C@]35C)[C@@]2(C)[C@H]1OC(C)=O. The minimum atomic E-state index is -4.39. The van der Waals surface area contributed by atoms with Crippen molar-refractivity contribution >= 4 is 49.8 Å². The quantitative estimate of drug-likeness (QED) is 0.180. The summed E-state index contributed by atoms with van der Waals surface area (Å²) < 4.78 is 68.9. The van der Waals surface area contributed by atoms with Gasteiger partial charge < -0.3 is 43.7 Å². The molecule has 0 unspecified atom stereocenters. The molecule has 0 aromatic heterocycles. The number of benzene rings is 1. The second-order valence-electron chi connectivity index (χ2n) is 18.8. The van der Waals surface area contributed by atoms with Gasteiger partial charge in [-0.3, -0.25) is 14.4 Å². The Balaban J connectivity index is 1.30. The van der Waals surface area contributed by atoms with Crippen molar-refractivity contribution in [3.8, 4) is 0 Å². The Labute approximate surface area is 344 Å². The van der Waals surface area contributed by atoms with Crippen molar-refractivity contribution in [1.29, 1.82) is 0 Å². The van der Waals surface area contributed by atoms with Crippen LogP contribution in [0.1, 0.15) is 61.8 Å². The zero-order valence-corrected chi connectivity index (χ0v) is 35.7. The third kappa shape index (κ3) is 4.85. The maximum atomic E-state index is 14.4. The minimum Gasteiger partial charge on any atom is -0.459 e.